The van der Waals surface area contributed by atoms with E-state index in [0.29, 0.717) is 23.6 Å². The van der Waals surface area contributed by atoms with Crippen LogP contribution in [0.15, 0.2) is 60.7 Å². The Labute approximate surface area is 162 Å². The number of rotatable bonds is 5. The van der Waals surface area contributed by atoms with Gasteiger partial charge in [0.25, 0.3) is 0 Å². The number of carbonyl (C=O) groups excluding carboxylic acids is 2. The Bertz CT molecular complexity index is 991. The smallest absolute Gasteiger partial charge is 0.316 e. The molecule has 0 unspecified atom stereocenters. The Morgan fingerprint density at radius 3 is 2.36 bits per heavy atom. The molecule has 0 radical (unpaired) electrons. The summed E-state index contributed by atoms with van der Waals surface area (Å²) < 4.78 is 0. The van der Waals surface area contributed by atoms with E-state index in [1.165, 1.54) is 0 Å². The largest absolute Gasteiger partial charge is 0.318 e. The van der Waals surface area contributed by atoms with Gasteiger partial charge in [0.2, 0.25) is 5.95 Å². The molecule has 0 aliphatic heterocycles. The number of nitrogens with two attached hydrogens (primary N) is 1. The van der Waals surface area contributed by atoms with Gasteiger partial charge < -0.3 is 10.7 Å². The predicted molar refractivity (Wildman–Crippen MR) is 108 cm³/mol. The monoisotopic (exact) mass is 376 g/mol. The van der Waals surface area contributed by atoms with Gasteiger partial charge in [-0.05, 0) is 30.5 Å². The molecule has 5 N–H and O–H groups in total. The summed E-state index contributed by atoms with van der Waals surface area (Å²) in [6.45, 7) is 1.72. The van der Waals surface area contributed by atoms with Crippen molar-refractivity contribution in [2.24, 2.45) is 5.84 Å². The van der Waals surface area contributed by atoms with Crippen LogP contribution in [-0.2, 0) is 16.0 Å². The van der Waals surface area contributed by atoms with Crippen molar-refractivity contribution in [2.45, 2.75) is 13.3 Å². The zero-order chi connectivity index (χ0) is 19.9. The fraction of sp³-hybridized carbons (Fsp3) is 0.100. The second-order valence-electron chi connectivity index (χ2n) is 6.09. The number of nitrogens with zero attached hydrogens (tertiary/aromatic N) is 2. The van der Waals surface area contributed by atoms with Gasteiger partial charge in [-0.3, -0.25) is 14.9 Å². The molecule has 142 valence electrons. The minimum Gasteiger partial charge on any atom is -0.318 e. The van der Waals surface area contributed by atoms with Crippen molar-refractivity contribution < 1.29 is 9.59 Å². The van der Waals surface area contributed by atoms with E-state index in [4.69, 9.17) is 5.84 Å². The van der Waals surface area contributed by atoms with Crippen LogP contribution in [-0.4, -0.2) is 21.8 Å². The van der Waals surface area contributed by atoms with Crippen molar-refractivity contribution in [3.63, 3.8) is 0 Å². The lowest BCUT2D eigenvalue weighted by atomic mass is 10.0. The van der Waals surface area contributed by atoms with Crippen LogP contribution in [0, 0.1) is 6.92 Å². The van der Waals surface area contributed by atoms with Gasteiger partial charge >= 0.3 is 11.8 Å². The number of nitrogen functional groups attached to an aromatic ring is 1. The molecule has 0 bridgehead atoms. The fourth-order valence-electron chi connectivity index (χ4n) is 2.65. The van der Waals surface area contributed by atoms with Crippen molar-refractivity contribution in [1.29, 1.82) is 0 Å². The van der Waals surface area contributed by atoms with Crippen LogP contribution in [0.25, 0.3) is 0 Å². The maximum absolute atomic E-state index is 12.3. The number of para-hydroxylation sites is 1. The number of hydrogen-bond acceptors (Lipinski definition) is 6. The first-order valence-electron chi connectivity index (χ1n) is 8.61. The number of amides is 2. The third kappa shape index (κ3) is 4.89. The van der Waals surface area contributed by atoms with Gasteiger partial charge in [0, 0.05) is 17.4 Å². The SMILES string of the molecule is Cc1cc(NN)nc(NC(=O)C(=O)Nc2ccccc2Cc2ccccc2)n1. The molecule has 0 aliphatic rings. The molecule has 2 amide bonds. The quantitative estimate of drug-likeness (QED) is 0.308. The van der Waals surface area contributed by atoms with Gasteiger partial charge in [0.15, 0.2) is 0 Å². The first-order valence-corrected chi connectivity index (χ1v) is 8.61. The van der Waals surface area contributed by atoms with Gasteiger partial charge in [-0.25, -0.2) is 10.8 Å². The van der Waals surface area contributed by atoms with Crippen LogP contribution in [0.2, 0.25) is 0 Å². The molecular weight excluding hydrogens is 356 g/mol. The fourth-order valence-corrected chi connectivity index (χ4v) is 2.65. The number of aryl methyl sites for hydroxylation is 1. The summed E-state index contributed by atoms with van der Waals surface area (Å²) in [5, 5.41) is 5.03. The molecule has 0 aliphatic carbocycles. The standard InChI is InChI=1S/C20H20N6O2/c1-13-11-17(26-21)24-20(22-13)25-19(28)18(27)23-16-10-6-5-9-15(16)12-14-7-3-2-4-8-14/h2-11H,12,21H2,1H3,(H,23,27)(H2,22,24,25,26,28). The molecule has 0 spiro atoms. The number of benzene rings is 2. The predicted octanol–water partition coefficient (Wildman–Crippen LogP) is 2.24. The maximum atomic E-state index is 12.3. The summed E-state index contributed by atoms with van der Waals surface area (Å²) in [6, 6.07) is 18.8. The molecule has 3 rings (SSSR count). The molecule has 28 heavy (non-hydrogen) atoms. The zero-order valence-corrected chi connectivity index (χ0v) is 15.3. The van der Waals surface area contributed by atoms with Gasteiger partial charge in [-0.1, -0.05) is 48.5 Å². The minimum atomic E-state index is -0.872. The van der Waals surface area contributed by atoms with Crippen LogP contribution >= 0.6 is 0 Å². The Hall–Kier alpha value is -3.78. The number of nitrogens with one attached hydrogen (secondary N) is 3. The lowest BCUT2D eigenvalue weighted by Crippen LogP contribution is -2.30. The number of anilines is 3. The van der Waals surface area contributed by atoms with Gasteiger partial charge in [-0.15, -0.1) is 0 Å². The van der Waals surface area contributed by atoms with E-state index in [0.717, 1.165) is 11.1 Å². The summed E-state index contributed by atoms with van der Waals surface area (Å²) in [6.07, 6.45) is 0.630. The highest BCUT2D eigenvalue weighted by Gasteiger charge is 2.17. The summed E-state index contributed by atoms with van der Waals surface area (Å²) in [5.41, 5.74) is 5.54. The van der Waals surface area contributed by atoms with Crippen molar-refractivity contribution in [2.75, 3.05) is 16.1 Å². The average Bonchev–Trinajstić information content (AvgIpc) is 2.69. The Kier molecular flexibility index (Phi) is 5.93. The van der Waals surface area contributed by atoms with E-state index in [-0.39, 0.29) is 5.95 Å². The van der Waals surface area contributed by atoms with Crippen molar-refractivity contribution in [3.05, 3.63) is 77.5 Å². The highest BCUT2D eigenvalue weighted by atomic mass is 16.2. The second kappa shape index (κ2) is 8.74. The third-order valence-corrected chi connectivity index (χ3v) is 3.94. The van der Waals surface area contributed by atoms with E-state index in [1.54, 1.807) is 25.1 Å². The minimum absolute atomic E-state index is 0.00864. The Balaban J connectivity index is 1.71. The molecular formula is C20H20N6O2. The number of carbonyl (C=O) groups is 2. The zero-order valence-electron chi connectivity index (χ0n) is 15.3. The van der Waals surface area contributed by atoms with E-state index in [2.05, 4.69) is 26.0 Å². The van der Waals surface area contributed by atoms with E-state index in [9.17, 15) is 9.59 Å². The van der Waals surface area contributed by atoms with Crippen LogP contribution in [0.1, 0.15) is 16.8 Å². The molecule has 1 heterocycles. The van der Waals surface area contributed by atoms with Crippen LogP contribution in [0.5, 0.6) is 0 Å². The lowest BCUT2D eigenvalue weighted by molar-refractivity contribution is -0.133. The maximum Gasteiger partial charge on any atom is 0.316 e. The number of aromatic nitrogens is 2. The highest BCUT2D eigenvalue weighted by Crippen LogP contribution is 2.19. The number of hydrogen-bond donors (Lipinski definition) is 4. The molecule has 1 aromatic heterocycles. The van der Waals surface area contributed by atoms with Crippen LogP contribution in [0.4, 0.5) is 17.5 Å². The van der Waals surface area contributed by atoms with E-state index >= 15 is 0 Å². The molecule has 0 fully saturated rings. The molecule has 2 aromatic carbocycles. The Morgan fingerprint density at radius 1 is 0.929 bits per heavy atom. The molecule has 8 heteroatoms. The molecule has 0 saturated heterocycles. The summed E-state index contributed by atoms with van der Waals surface area (Å²) in [5.74, 6) is 3.97. The highest BCUT2D eigenvalue weighted by molar-refractivity contribution is 6.43. The summed E-state index contributed by atoms with van der Waals surface area (Å²) in [7, 11) is 0. The van der Waals surface area contributed by atoms with Crippen LogP contribution in [0.3, 0.4) is 0 Å². The first-order chi connectivity index (χ1) is 13.5. The molecule has 3 aromatic rings. The lowest BCUT2D eigenvalue weighted by Gasteiger charge is -2.11. The van der Waals surface area contributed by atoms with E-state index in [1.807, 2.05) is 42.5 Å². The summed E-state index contributed by atoms with van der Waals surface area (Å²) >= 11 is 0. The third-order valence-electron chi connectivity index (χ3n) is 3.94. The second-order valence-corrected chi connectivity index (χ2v) is 6.09. The molecule has 8 nitrogen and oxygen atoms in total. The molecule has 0 atom stereocenters. The average molecular weight is 376 g/mol. The topological polar surface area (TPSA) is 122 Å². The van der Waals surface area contributed by atoms with Gasteiger partial charge in [0.1, 0.15) is 5.82 Å². The van der Waals surface area contributed by atoms with E-state index < -0.39 is 11.8 Å². The van der Waals surface area contributed by atoms with Gasteiger partial charge in [-0.2, -0.15) is 4.98 Å². The van der Waals surface area contributed by atoms with Crippen LogP contribution < -0.4 is 21.9 Å². The van der Waals surface area contributed by atoms with Crippen molar-refractivity contribution in [1.82, 2.24) is 9.97 Å². The number of hydrazine groups is 1. The first kappa shape index (κ1) is 19.0. The van der Waals surface area contributed by atoms with Crippen molar-refractivity contribution in [3.8, 4) is 0 Å². The Morgan fingerprint density at radius 2 is 1.61 bits per heavy atom. The van der Waals surface area contributed by atoms with Gasteiger partial charge in [0.05, 0.1) is 0 Å². The normalized spacial score (nSPS) is 10.2. The van der Waals surface area contributed by atoms with Crippen molar-refractivity contribution >= 4 is 29.3 Å². The summed E-state index contributed by atoms with van der Waals surface area (Å²) in [4.78, 5) is 32.6. The molecule has 0 saturated carbocycles.